The molecule has 0 amide bonds. The molecule has 20 heavy (non-hydrogen) atoms. The van der Waals surface area contributed by atoms with E-state index in [0.717, 1.165) is 26.4 Å². The Bertz CT molecular complexity index is 975. The Kier molecular flexibility index (Phi) is 2.38. The van der Waals surface area contributed by atoms with Gasteiger partial charge in [0.05, 0.1) is 9.79 Å². The third-order valence-electron chi connectivity index (χ3n) is 3.69. The van der Waals surface area contributed by atoms with Gasteiger partial charge in [0.15, 0.2) is 0 Å². The van der Waals surface area contributed by atoms with Crippen molar-refractivity contribution in [3.63, 3.8) is 0 Å². The summed E-state index contributed by atoms with van der Waals surface area (Å²) in [5.74, 6) is 0. The largest absolute Gasteiger partial charge is 0.218 e. The Morgan fingerprint density at radius 2 is 1.45 bits per heavy atom. The van der Waals surface area contributed by atoms with E-state index in [1.165, 1.54) is 0 Å². The number of sulfone groups is 1. The van der Waals surface area contributed by atoms with Crippen molar-refractivity contribution in [1.29, 1.82) is 0 Å². The van der Waals surface area contributed by atoms with Gasteiger partial charge in [-0.25, -0.2) is 8.42 Å². The van der Waals surface area contributed by atoms with Crippen molar-refractivity contribution in [2.24, 2.45) is 0 Å². The topological polar surface area (TPSA) is 34.1 Å². The highest BCUT2D eigenvalue weighted by Crippen LogP contribution is 2.48. The molecule has 3 aromatic rings. The first kappa shape index (κ1) is 12.1. The quantitative estimate of drug-likeness (QED) is 0.473. The summed E-state index contributed by atoms with van der Waals surface area (Å²) in [7, 11) is -3.41. The standard InChI is InChI=1S/C16H9BrO2S/c17-13-9-15-16(11-6-2-1-5-10(11)13)12-7-3-4-8-14(12)20(15,18)19/h1-9H. The maximum Gasteiger partial charge on any atom is 0.207 e. The maximum absolute atomic E-state index is 12.7. The first-order chi connectivity index (χ1) is 9.60. The van der Waals surface area contributed by atoms with Gasteiger partial charge in [-0.1, -0.05) is 58.4 Å². The molecule has 0 fully saturated rings. The minimum Gasteiger partial charge on any atom is -0.218 e. The van der Waals surface area contributed by atoms with E-state index >= 15 is 0 Å². The number of rotatable bonds is 0. The normalized spacial score (nSPS) is 15.1. The van der Waals surface area contributed by atoms with Crippen LogP contribution in [0.3, 0.4) is 0 Å². The van der Waals surface area contributed by atoms with Crippen LogP contribution in [0.4, 0.5) is 0 Å². The van der Waals surface area contributed by atoms with Crippen LogP contribution in [0.1, 0.15) is 0 Å². The van der Waals surface area contributed by atoms with Crippen molar-refractivity contribution in [2.45, 2.75) is 9.79 Å². The van der Waals surface area contributed by atoms with E-state index < -0.39 is 9.84 Å². The molecule has 0 N–H and O–H groups in total. The fraction of sp³-hybridized carbons (Fsp3) is 0. The third kappa shape index (κ3) is 1.41. The second kappa shape index (κ2) is 3.93. The van der Waals surface area contributed by atoms with Gasteiger partial charge in [-0.3, -0.25) is 0 Å². The summed E-state index contributed by atoms with van der Waals surface area (Å²) in [4.78, 5) is 0.794. The Balaban J connectivity index is 2.31. The second-order valence-electron chi connectivity index (χ2n) is 4.78. The molecule has 1 aliphatic rings. The van der Waals surface area contributed by atoms with E-state index in [9.17, 15) is 8.42 Å². The van der Waals surface area contributed by atoms with Crippen LogP contribution in [0.5, 0.6) is 0 Å². The fourth-order valence-corrected chi connectivity index (χ4v) is 5.26. The average Bonchev–Trinajstić information content (AvgIpc) is 2.69. The predicted molar refractivity (Wildman–Crippen MR) is 82.5 cm³/mol. The zero-order valence-electron chi connectivity index (χ0n) is 10.3. The lowest BCUT2D eigenvalue weighted by atomic mass is 9.98. The molecule has 0 atom stereocenters. The smallest absolute Gasteiger partial charge is 0.207 e. The molecule has 0 bridgehead atoms. The van der Waals surface area contributed by atoms with E-state index in [2.05, 4.69) is 15.9 Å². The summed E-state index contributed by atoms with van der Waals surface area (Å²) in [6, 6.07) is 16.8. The zero-order valence-corrected chi connectivity index (χ0v) is 12.7. The molecule has 98 valence electrons. The van der Waals surface area contributed by atoms with E-state index in [1.54, 1.807) is 18.2 Å². The Labute approximate surface area is 125 Å². The number of fused-ring (bicyclic) bond motifs is 5. The van der Waals surface area contributed by atoms with Gasteiger partial charge in [0.2, 0.25) is 9.84 Å². The van der Waals surface area contributed by atoms with Crippen LogP contribution in [0.15, 0.2) is 68.9 Å². The monoisotopic (exact) mass is 344 g/mol. The number of hydrogen-bond donors (Lipinski definition) is 0. The molecule has 0 saturated carbocycles. The van der Waals surface area contributed by atoms with Gasteiger partial charge in [0.25, 0.3) is 0 Å². The minimum absolute atomic E-state index is 0.393. The molecule has 1 aliphatic heterocycles. The molecule has 0 aliphatic carbocycles. The van der Waals surface area contributed by atoms with Crippen LogP contribution in [-0.2, 0) is 9.84 Å². The van der Waals surface area contributed by atoms with Crippen molar-refractivity contribution in [2.75, 3.05) is 0 Å². The van der Waals surface area contributed by atoms with Crippen LogP contribution in [0.2, 0.25) is 0 Å². The molecule has 4 rings (SSSR count). The molecular weight excluding hydrogens is 336 g/mol. The Hall–Kier alpha value is -1.65. The van der Waals surface area contributed by atoms with E-state index in [4.69, 9.17) is 0 Å². The van der Waals surface area contributed by atoms with Crippen LogP contribution >= 0.6 is 15.9 Å². The van der Waals surface area contributed by atoms with Gasteiger partial charge in [0, 0.05) is 15.6 Å². The van der Waals surface area contributed by atoms with Crippen molar-refractivity contribution in [3.05, 3.63) is 59.1 Å². The summed E-state index contributed by atoms with van der Waals surface area (Å²) < 4.78 is 26.1. The molecule has 4 heteroatoms. The van der Waals surface area contributed by atoms with Crippen LogP contribution in [0.25, 0.3) is 21.9 Å². The van der Waals surface area contributed by atoms with Crippen molar-refractivity contribution < 1.29 is 8.42 Å². The molecule has 0 aromatic heterocycles. The molecule has 0 unspecified atom stereocenters. The first-order valence-corrected chi connectivity index (χ1v) is 8.44. The zero-order chi connectivity index (χ0) is 13.9. The summed E-state index contributed by atoms with van der Waals surface area (Å²) in [5, 5.41) is 1.99. The summed E-state index contributed by atoms with van der Waals surface area (Å²) in [6.45, 7) is 0. The molecule has 0 spiro atoms. The lowest BCUT2D eigenvalue weighted by Gasteiger charge is -2.07. The molecule has 2 nitrogen and oxygen atoms in total. The number of halogens is 1. The third-order valence-corrected chi connectivity index (χ3v) is 6.19. The number of hydrogen-bond acceptors (Lipinski definition) is 2. The van der Waals surface area contributed by atoms with Crippen LogP contribution < -0.4 is 0 Å². The van der Waals surface area contributed by atoms with Crippen molar-refractivity contribution >= 4 is 36.5 Å². The van der Waals surface area contributed by atoms with E-state index in [1.807, 2.05) is 36.4 Å². The van der Waals surface area contributed by atoms with Crippen LogP contribution in [-0.4, -0.2) is 8.42 Å². The average molecular weight is 345 g/mol. The van der Waals surface area contributed by atoms with E-state index in [-0.39, 0.29) is 0 Å². The molecule has 0 radical (unpaired) electrons. The minimum atomic E-state index is -3.41. The van der Waals surface area contributed by atoms with Crippen LogP contribution in [0, 0.1) is 0 Å². The number of benzene rings is 3. The van der Waals surface area contributed by atoms with Gasteiger partial charge < -0.3 is 0 Å². The highest BCUT2D eigenvalue weighted by molar-refractivity contribution is 9.10. The van der Waals surface area contributed by atoms with Gasteiger partial charge in [-0.05, 0) is 22.9 Å². The maximum atomic E-state index is 12.7. The fourth-order valence-electron chi connectivity index (χ4n) is 2.82. The summed E-state index contributed by atoms with van der Waals surface area (Å²) in [5.41, 5.74) is 1.62. The Morgan fingerprint density at radius 1 is 0.800 bits per heavy atom. The Morgan fingerprint density at radius 3 is 2.25 bits per heavy atom. The molecule has 3 aromatic carbocycles. The first-order valence-electron chi connectivity index (χ1n) is 6.16. The van der Waals surface area contributed by atoms with Crippen molar-refractivity contribution in [3.8, 4) is 11.1 Å². The lowest BCUT2D eigenvalue weighted by Crippen LogP contribution is -1.96. The lowest BCUT2D eigenvalue weighted by molar-refractivity contribution is 0.598. The summed E-state index contributed by atoms with van der Waals surface area (Å²) >= 11 is 3.48. The summed E-state index contributed by atoms with van der Waals surface area (Å²) in [6.07, 6.45) is 0. The predicted octanol–water partition coefficient (Wildman–Crippen LogP) is 4.42. The highest BCUT2D eigenvalue weighted by atomic mass is 79.9. The molecule has 0 saturated heterocycles. The second-order valence-corrected chi connectivity index (χ2v) is 7.52. The highest BCUT2D eigenvalue weighted by Gasteiger charge is 2.34. The van der Waals surface area contributed by atoms with E-state index in [0.29, 0.717) is 9.79 Å². The van der Waals surface area contributed by atoms with Gasteiger partial charge in [-0.15, -0.1) is 0 Å². The SMILES string of the molecule is O=S1(=O)c2ccccc2-c2c1cc(Br)c1ccccc21. The molecular formula is C16H9BrO2S. The van der Waals surface area contributed by atoms with Gasteiger partial charge >= 0.3 is 0 Å². The molecule has 1 heterocycles. The van der Waals surface area contributed by atoms with Gasteiger partial charge in [-0.2, -0.15) is 0 Å². The van der Waals surface area contributed by atoms with Crippen molar-refractivity contribution in [1.82, 2.24) is 0 Å². The van der Waals surface area contributed by atoms with Gasteiger partial charge in [0.1, 0.15) is 0 Å².